The van der Waals surface area contributed by atoms with E-state index in [9.17, 15) is 44.1 Å². The van der Waals surface area contributed by atoms with E-state index in [2.05, 4.69) is 31.2 Å². The normalized spacial score (nSPS) is 14.3. The number of aromatic nitrogens is 2. The number of nitrogens with one attached hydrogen (secondary N) is 6. The van der Waals surface area contributed by atoms with Gasteiger partial charge in [-0.3, -0.25) is 24.0 Å². The van der Waals surface area contributed by atoms with Crippen molar-refractivity contribution in [3.05, 3.63) is 72.1 Å². The third-order valence-corrected chi connectivity index (χ3v) is 7.83. The van der Waals surface area contributed by atoms with Gasteiger partial charge in [-0.15, -0.1) is 0 Å². The summed E-state index contributed by atoms with van der Waals surface area (Å²) in [6.07, 6.45) is 2.35. The zero-order valence-electron chi connectivity index (χ0n) is 26.1. The average Bonchev–Trinajstić information content (AvgIpc) is 3.69. The van der Waals surface area contributed by atoms with Crippen molar-refractivity contribution in [2.45, 2.75) is 49.5 Å². The van der Waals surface area contributed by atoms with E-state index in [1.807, 2.05) is 0 Å². The van der Waals surface area contributed by atoms with E-state index in [1.165, 1.54) is 0 Å². The van der Waals surface area contributed by atoms with Gasteiger partial charge in [-0.2, -0.15) is 0 Å². The number of fused-ring (bicyclic) bond motifs is 2. The van der Waals surface area contributed by atoms with Crippen molar-refractivity contribution in [1.29, 1.82) is 0 Å². The van der Waals surface area contributed by atoms with Crippen LogP contribution >= 0.6 is 0 Å². The van der Waals surface area contributed by atoms with E-state index in [-0.39, 0.29) is 12.8 Å². The predicted molar refractivity (Wildman–Crippen MR) is 175 cm³/mol. The summed E-state index contributed by atoms with van der Waals surface area (Å²) >= 11 is 0. The van der Waals surface area contributed by atoms with Gasteiger partial charge in [-0.1, -0.05) is 36.4 Å². The number of carboxylic acid groups (broad SMARTS) is 1. The minimum Gasteiger partial charge on any atom is -0.480 e. The monoisotopic (exact) mass is 678 g/mol. The Labute approximate surface area is 278 Å². The molecule has 0 radical (unpaired) electrons. The van der Waals surface area contributed by atoms with Gasteiger partial charge >= 0.3 is 5.97 Å². The number of carbonyl (C=O) groups excluding carboxylic acids is 5. The minimum absolute atomic E-state index is 0.119. The van der Waals surface area contributed by atoms with E-state index in [1.54, 1.807) is 60.9 Å². The van der Waals surface area contributed by atoms with Crippen LogP contribution in [0.15, 0.2) is 60.9 Å². The van der Waals surface area contributed by atoms with Crippen molar-refractivity contribution in [1.82, 2.24) is 31.2 Å². The molecule has 2 aromatic carbocycles. The Morgan fingerprint density at radius 3 is 1.49 bits per heavy atom. The zero-order valence-corrected chi connectivity index (χ0v) is 26.1. The summed E-state index contributed by atoms with van der Waals surface area (Å²) in [6.45, 7) is -1.66. The zero-order chi connectivity index (χ0) is 35.7. The first-order valence-electron chi connectivity index (χ1n) is 15.2. The largest absolute Gasteiger partial charge is 0.480 e. The molecular formula is C32H38N8O9. The van der Waals surface area contributed by atoms with Crippen molar-refractivity contribution in [3.8, 4) is 0 Å². The Hall–Kier alpha value is -5.78. The molecule has 0 aliphatic rings. The maximum atomic E-state index is 14.0. The molecule has 17 nitrogen and oxygen atoms in total. The molecule has 0 bridgehead atoms. The average molecular weight is 679 g/mol. The highest BCUT2D eigenvalue weighted by Crippen LogP contribution is 2.21. The number of carbonyl (C=O) groups is 6. The van der Waals surface area contributed by atoms with Crippen LogP contribution in [0.1, 0.15) is 17.5 Å². The van der Waals surface area contributed by atoms with Gasteiger partial charge in [0.15, 0.2) is 0 Å². The Balaban J connectivity index is 1.67. The quantitative estimate of drug-likeness (QED) is 0.0565. The van der Waals surface area contributed by atoms with Crippen LogP contribution in [0, 0.1) is 0 Å². The maximum Gasteiger partial charge on any atom is 0.328 e. The first-order valence-corrected chi connectivity index (χ1v) is 15.2. The molecule has 0 saturated carbocycles. The van der Waals surface area contributed by atoms with Crippen molar-refractivity contribution < 1.29 is 44.1 Å². The van der Waals surface area contributed by atoms with Crippen LogP contribution < -0.4 is 32.7 Å². The molecule has 0 fully saturated rings. The number of aliphatic hydroxyl groups excluding tert-OH is 2. The first-order chi connectivity index (χ1) is 23.4. The molecule has 0 aliphatic heterocycles. The van der Waals surface area contributed by atoms with Crippen molar-refractivity contribution in [2.75, 3.05) is 13.2 Å². The Morgan fingerprint density at radius 1 is 0.633 bits per heavy atom. The van der Waals surface area contributed by atoms with Gasteiger partial charge in [0, 0.05) is 47.0 Å². The maximum absolute atomic E-state index is 14.0. The van der Waals surface area contributed by atoms with Crippen LogP contribution in [0.3, 0.4) is 0 Å². The van der Waals surface area contributed by atoms with E-state index >= 15 is 0 Å². The molecule has 260 valence electrons. The van der Waals surface area contributed by atoms with Crippen molar-refractivity contribution in [3.63, 3.8) is 0 Å². The van der Waals surface area contributed by atoms with E-state index in [4.69, 9.17) is 11.5 Å². The number of aromatic amines is 2. The van der Waals surface area contributed by atoms with Crippen LogP contribution in [0.4, 0.5) is 0 Å². The van der Waals surface area contributed by atoms with Gasteiger partial charge in [-0.05, 0) is 23.3 Å². The standard InChI is InChI=1S/C32H38N8O9/c33-20(14-41)28(44)37-25(11-27(34)43)31(47)39-23(9-16-12-35-21-7-3-1-5-18(16)21)29(45)38-24(30(46)40-26(15-42)32(48)49)10-17-13-36-22-8-4-2-6-19(17)22/h1-8,12-13,20,23-26,35-36,41-42H,9-11,14-15,33H2,(H2,34,43)(H,37,44)(H,38,45)(H,39,47)(H,40,46)(H,48,49)/t20-,23-,24-,25-,26-/m0/s1. The molecule has 4 rings (SSSR count). The molecule has 13 N–H and O–H groups in total. The number of carboxylic acids is 1. The summed E-state index contributed by atoms with van der Waals surface area (Å²) < 4.78 is 0. The van der Waals surface area contributed by atoms with Gasteiger partial charge in [0.2, 0.25) is 29.5 Å². The molecule has 2 aromatic heterocycles. The van der Waals surface area contributed by atoms with Crippen LogP contribution in [0.25, 0.3) is 21.8 Å². The Bertz CT molecular complexity index is 1840. The third kappa shape index (κ3) is 9.19. The van der Waals surface area contributed by atoms with Gasteiger partial charge in [0.05, 0.1) is 19.6 Å². The number of amides is 5. The van der Waals surface area contributed by atoms with E-state index in [0.29, 0.717) is 11.1 Å². The summed E-state index contributed by atoms with van der Waals surface area (Å²) in [5.41, 5.74) is 13.5. The number of hydrogen-bond acceptors (Lipinski definition) is 9. The number of H-pyrrole nitrogens is 2. The summed E-state index contributed by atoms with van der Waals surface area (Å²) in [6, 6.07) is 6.88. The molecule has 4 aromatic rings. The van der Waals surface area contributed by atoms with Crippen LogP contribution in [0.2, 0.25) is 0 Å². The fraction of sp³-hybridized carbons (Fsp3) is 0.312. The molecule has 17 heteroatoms. The van der Waals surface area contributed by atoms with Crippen molar-refractivity contribution in [2.24, 2.45) is 11.5 Å². The summed E-state index contributed by atoms with van der Waals surface area (Å²) in [4.78, 5) is 83.0. The number of benzene rings is 2. The van der Waals surface area contributed by atoms with Gasteiger partial charge in [0.1, 0.15) is 30.2 Å². The molecule has 5 amide bonds. The molecule has 0 spiro atoms. The smallest absolute Gasteiger partial charge is 0.328 e. The fourth-order valence-corrected chi connectivity index (χ4v) is 5.23. The second kappa shape index (κ2) is 16.4. The van der Waals surface area contributed by atoms with E-state index in [0.717, 1.165) is 21.8 Å². The lowest BCUT2D eigenvalue weighted by Gasteiger charge is -2.26. The highest BCUT2D eigenvalue weighted by atomic mass is 16.4. The number of primary amides is 1. The predicted octanol–water partition coefficient (Wildman–Crippen LogP) is -2.35. The number of rotatable bonds is 17. The molecule has 0 saturated heterocycles. The number of aliphatic carboxylic acids is 1. The minimum atomic E-state index is -1.67. The number of aliphatic hydroxyl groups is 2. The lowest BCUT2D eigenvalue weighted by Crippen LogP contribution is -2.60. The lowest BCUT2D eigenvalue weighted by atomic mass is 10.0. The summed E-state index contributed by atoms with van der Waals surface area (Å²) in [7, 11) is 0. The molecule has 0 unspecified atom stereocenters. The summed E-state index contributed by atoms with van der Waals surface area (Å²) in [5, 5.41) is 39.3. The Kier molecular flexibility index (Phi) is 12.0. The van der Waals surface area contributed by atoms with Gasteiger partial charge in [0.25, 0.3) is 0 Å². The molecule has 0 aliphatic carbocycles. The summed E-state index contributed by atoms with van der Waals surface area (Å²) in [5.74, 6) is -6.18. The molecule has 5 atom stereocenters. The SMILES string of the molecule is NC(=O)C[C@H](NC(=O)[C@@H](N)CO)C(=O)N[C@@H](Cc1c[nH]c2ccccc12)C(=O)N[C@@H](Cc1c[nH]c2ccccc12)C(=O)N[C@@H](CO)C(=O)O. The van der Waals surface area contributed by atoms with Gasteiger partial charge in [-0.25, -0.2) is 4.79 Å². The molecule has 49 heavy (non-hydrogen) atoms. The van der Waals surface area contributed by atoms with Crippen LogP contribution in [0.5, 0.6) is 0 Å². The van der Waals surface area contributed by atoms with Gasteiger partial charge < -0.3 is 58.0 Å². The molecular weight excluding hydrogens is 640 g/mol. The highest BCUT2D eigenvalue weighted by molar-refractivity contribution is 5.98. The number of nitrogens with two attached hydrogens (primary N) is 2. The van der Waals surface area contributed by atoms with Crippen molar-refractivity contribution >= 4 is 57.3 Å². The topological polar surface area (TPSA) is 295 Å². The van der Waals surface area contributed by atoms with Crippen LogP contribution in [-0.4, -0.2) is 104 Å². The molecule has 2 heterocycles. The number of para-hydroxylation sites is 2. The Morgan fingerprint density at radius 2 is 1.06 bits per heavy atom. The lowest BCUT2D eigenvalue weighted by molar-refractivity contribution is -0.143. The van der Waals surface area contributed by atoms with E-state index < -0.39 is 85.3 Å². The fourth-order valence-electron chi connectivity index (χ4n) is 5.23. The third-order valence-electron chi connectivity index (χ3n) is 7.83. The first kappa shape index (κ1) is 36.1. The second-order valence-electron chi connectivity index (χ2n) is 11.4. The second-order valence-corrected chi connectivity index (χ2v) is 11.4. The van der Waals surface area contributed by atoms with Crippen LogP contribution in [-0.2, 0) is 41.6 Å². The highest BCUT2D eigenvalue weighted by Gasteiger charge is 2.33. The number of hydrogen-bond donors (Lipinski definition) is 11.